The largest absolute Gasteiger partial charge is 0.510 e. The SMILES string of the molecule is C[C@H]1c2cccc(O)c2C(=O)C2=C(O)[C@]3(O)C(=O)C(C(N)=O)=C(O)[C@@H](N(C)C)[C@@H]3[C@@H](O)[C@@H]21.O.OC[C@H]1O[C@@](CO)(O[C@H]2O[C@H](CO)[C@@H](O)[C@H](O)[C@H]2O)[C@@H](O)[C@@H]1O. The van der Waals surface area contributed by atoms with Crippen LogP contribution in [0.15, 0.2) is 40.9 Å². The molecular formula is C34H48N2O20. The van der Waals surface area contributed by atoms with Crippen molar-refractivity contribution in [1.29, 1.82) is 0 Å². The van der Waals surface area contributed by atoms with E-state index in [1.165, 1.54) is 25.1 Å². The summed E-state index contributed by atoms with van der Waals surface area (Å²) in [6, 6.07) is 3.17. The van der Waals surface area contributed by atoms with Crippen LogP contribution in [0.4, 0.5) is 0 Å². The Bertz CT molecular complexity index is 1750. The van der Waals surface area contributed by atoms with Gasteiger partial charge < -0.3 is 91.8 Å². The number of aromatic hydroxyl groups is 1. The predicted octanol–water partition coefficient (Wildman–Crippen LogP) is -6.57. The number of Topliss-reactive ketones (excluding diaryl/α,β-unsaturated/α-hetero) is 2. The lowest BCUT2D eigenvalue weighted by atomic mass is 9.55. The molecule has 22 heteroatoms. The minimum Gasteiger partial charge on any atom is -0.510 e. The van der Waals surface area contributed by atoms with E-state index in [2.05, 4.69) is 0 Å². The zero-order valence-electron chi connectivity index (χ0n) is 30.1. The van der Waals surface area contributed by atoms with Gasteiger partial charge in [-0.1, -0.05) is 19.1 Å². The first-order chi connectivity index (χ1) is 25.7. The Balaban J connectivity index is 0.000000258. The summed E-state index contributed by atoms with van der Waals surface area (Å²) >= 11 is 0. The maximum atomic E-state index is 13.3. The second-order valence-corrected chi connectivity index (χ2v) is 14.4. The number of phenolic OH excluding ortho intramolecular Hbond substituents is 1. The number of hydrogen-bond acceptors (Lipinski definition) is 20. The number of nitrogens with zero attached hydrogens (tertiary/aromatic N) is 1. The number of fused-ring (bicyclic) bond motifs is 3. The van der Waals surface area contributed by atoms with Crippen molar-refractivity contribution in [3.8, 4) is 5.75 Å². The molecule has 3 aliphatic carbocycles. The second kappa shape index (κ2) is 16.3. The number of phenols is 1. The van der Waals surface area contributed by atoms with E-state index in [0.29, 0.717) is 5.56 Å². The Morgan fingerprint density at radius 2 is 1.52 bits per heavy atom. The van der Waals surface area contributed by atoms with E-state index >= 15 is 0 Å². The van der Waals surface area contributed by atoms with Gasteiger partial charge >= 0.3 is 0 Å². The van der Waals surface area contributed by atoms with Crippen molar-refractivity contribution in [2.75, 3.05) is 33.9 Å². The maximum Gasteiger partial charge on any atom is 0.255 e. The molecule has 6 rings (SSSR count). The number of amides is 1. The van der Waals surface area contributed by atoms with Crippen molar-refractivity contribution >= 4 is 17.5 Å². The first-order valence-electron chi connectivity index (χ1n) is 17.1. The molecule has 2 aliphatic heterocycles. The molecule has 0 aromatic heterocycles. The standard InChI is InChI=1S/C22H24N2O8.C12H22O11.H2O/c1-7-8-5-4-6-9(25)11(8)16(26)12-10(7)17(27)14-15(24(2)3)18(28)13(21(23)31)20(30)22(14,32)19(12)29;13-1-4-6(16)8(18)9(19)11(21-4)23-12(3-15)10(20)7(17)5(2-14)22-12;/h4-7,10,14-15,17,25,27-29,32H,1-3H3,(H2,23,31);4-11,13-20H,1-3H2;1H2/t7-,10+,14+,15-,17-,22-;4-,5-,6-,7-,8+,9-,10+,11-,12+;/m01./s1. The number of primary amides is 1. The van der Waals surface area contributed by atoms with Crippen LogP contribution in [0.1, 0.15) is 28.8 Å². The number of ketones is 2. The number of aliphatic hydroxyl groups excluding tert-OH is 11. The van der Waals surface area contributed by atoms with Crippen molar-refractivity contribution in [2.24, 2.45) is 17.6 Å². The summed E-state index contributed by atoms with van der Waals surface area (Å²) in [4.78, 5) is 39.8. The number of carbonyl (C=O) groups excluding carboxylic acids is 3. The summed E-state index contributed by atoms with van der Waals surface area (Å²) in [5, 5.41) is 132. The molecule has 1 aromatic carbocycles. The first kappa shape index (κ1) is 45.0. The van der Waals surface area contributed by atoms with Crippen LogP contribution < -0.4 is 5.73 Å². The second-order valence-electron chi connectivity index (χ2n) is 14.4. The van der Waals surface area contributed by atoms with Crippen LogP contribution in [0.25, 0.3) is 0 Å². The molecule has 22 nitrogen and oxygen atoms in total. The number of aliphatic hydroxyl groups is 12. The molecule has 1 amide bonds. The quantitative estimate of drug-likeness (QED) is 0.114. The molecule has 17 N–H and O–H groups in total. The number of likely N-dealkylation sites (N-methyl/N-ethyl adjacent to an activating group) is 1. The molecule has 15 atom stereocenters. The highest BCUT2D eigenvalue weighted by atomic mass is 16.8. The Labute approximate surface area is 317 Å². The van der Waals surface area contributed by atoms with Crippen LogP contribution in [-0.2, 0) is 23.8 Å². The smallest absolute Gasteiger partial charge is 0.255 e. The zero-order chi connectivity index (χ0) is 41.2. The van der Waals surface area contributed by atoms with E-state index in [1.54, 1.807) is 19.1 Å². The van der Waals surface area contributed by atoms with Gasteiger partial charge in [-0.3, -0.25) is 19.3 Å². The average molecular weight is 805 g/mol. The topological polar surface area (TPSA) is 403 Å². The number of rotatable bonds is 7. The molecule has 0 saturated carbocycles. The van der Waals surface area contributed by atoms with Gasteiger partial charge in [-0.25, -0.2) is 0 Å². The Kier molecular flexibility index (Phi) is 13.1. The van der Waals surface area contributed by atoms with Crippen LogP contribution >= 0.6 is 0 Å². The molecule has 2 fully saturated rings. The number of benzene rings is 1. The first-order valence-corrected chi connectivity index (χ1v) is 17.1. The minimum absolute atomic E-state index is 0. The van der Waals surface area contributed by atoms with Gasteiger partial charge in [0.25, 0.3) is 5.91 Å². The van der Waals surface area contributed by atoms with E-state index in [-0.39, 0.29) is 16.8 Å². The maximum absolute atomic E-state index is 13.3. The van der Waals surface area contributed by atoms with Gasteiger partial charge in [0, 0.05) is 11.5 Å². The summed E-state index contributed by atoms with van der Waals surface area (Å²) in [5.41, 5.74) is 1.36. The number of ether oxygens (including phenoxy) is 3. The molecule has 1 aromatic rings. The molecule has 314 valence electrons. The lowest BCUT2D eigenvalue weighted by Gasteiger charge is -2.53. The lowest BCUT2D eigenvalue weighted by molar-refractivity contribution is -0.383. The zero-order valence-corrected chi connectivity index (χ0v) is 30.1. The number of hydrogen-bond donors (Lipinski definition) is 14. The van der Waals surface area contributed by atoms with Gasteiger partial charge in [0.2, 0.25) is 11.6 Å². The predicted molar refractivity (Wildman–Crippen MR) is 182 cm³/mol. The van der Waals surface area contributed by atoms with Crippen LogP contribution in [-0.4, -0.2) is 201 Å². The molecule has 2 heterocycles. The van der Waals surface area contributed by atoms with Crippen LogP contribution in [0.2, 0.25) is 0 Å². The summed E-state index contributed by atoms with van der Waals surface area (Å²) < 4.78 is 15.4. The van der Waals surface area contributed by atoms with Gasteiger partial charge in [-0.15, -0.1) is 0 Å². The fourth-order valence-corrected chi connectivity index (χ4v) is 8.21. The summed E-state index contributed by atoms with van der Waals surface area (Å²) in [6.45, 7) is -0.646. The Morgan fingerprint density at radius 3 is 2.04 bits per heavy atom. The highest BCUT2D eigenvalue weighted by Gasteiger charge is 2.67. The van der Waals surface area contributed by atoms with Crippen LogP contribution in [0, 0.1) is 11.8 Å². The molecule has 0 radical (unpaired) electrons. The average Bonchev–Trinajstić information content (AvgIpc) is 3.38. The van der Waals surface area contributed by atoms with Crippen LogP contribution in [0.5, 0.6) is 5.75 Å². The third-order valence-corrected chi connectivity index (χ3v) is 11.1. The fourth-order valence-electron chi connectivity index (χ4n) is 8.21. The highest BCUT2D eigenvalue weighted by Crippen LogP contribution is 2.55. The number of nitrogens with two attached hydrogens (primary N) is 1. The van der Waals surface area contributed by atoms with E-state index in [0.717, 1.165) is 0 Å². The molecular weight excluding hydrogens is 756 g/mol. The molecule has 0 unspecified atom stereocenters. The van der Waals surface area contributed by atoms with Crippen molar-refractivity contribution < 1.29 is 100 Å². The molecule has 0 bridgehead atoms. The monoisotopic (exact) mass is 804 g/mol. The third kappa shape index (κ3) is 6.68. The van der Waals surface area contributed by atoms with E-state index < -0.39 is 150 Å². The van der Waals surface area contributed by atoms with Gasteiger partial charge in [-0.05, 0) is 31.6 Å². The molecule has 56 heavy (non-hydrogen) atoms. The fraction of sp³-hybridized carbons (Fsp3) is 0.618. The highest BCUT2D eigenvalue weighted by molar-refractivity contribution is 6.25. The van der Waals surface area contributed by atoms with Crippen molar-refractivity contribution in [3.05, 3.63) is 52.0 Å². The molecule has 5 aliphatic rings. The van der Waals surface area contributed by atoms with Gasteiger partial charge in [-0.2, -0.15) is 0 Å². The summed E-state index contributed by atoms with van der Waals surface area (Å²) in [7, 11) is 2.98. The summed E-state index contributed by atoms with van der Waals surface area (Å²) in [6.07, 6.45) is -14.2. The number of carbonyl (C=O) groups is 3. The Morgan fingerprint density at radius 1 is 0.911 bits per heavy atom. The van der Waals surface area contributed by atoms with E-state index in [1.807, 2.05) is 0 Å². The van der Waals surface area contributed by atoms with Crippen molar-refractivity contribution in [2.45, 2.75) is 85.4 Å². The lowest BCUT2D eigenvalue weighted by Crippen LogP contribution is -2.68. The molecule has 0 spiro atoms. The Hall–Kier alpha value is -3.69. The van der Waals surface area contributed by atoms with Crippen LogP contribution in [0.3, 0.4) is 0 Å². The normalized spacial score (nSPS) is 40.6. The summed E-state index contributed by atoms with van der Waals surface area (Å²) in [5.74, 6) is -11.1. The van der Waals surface area contributed by atoms with Crippen molar-refractivity contribution in [3.63, 3.8) is 0 Å². The minimum atomic E-state index is -2.89. The van der Waals surface area contributed by atoms with Gasteiger partial charge in [0.1, 0.15) is 72.2 Å². The molecule has 2 saturated heterocycles. The van der Waals surface area contributed by atoms with E-state index in [4.69, 9.17) is 30.2 Å². The van der Waals surface area contributed by atoms with Crippen molar-refractivity contribution in [1.82, 2.24) is 4.90 Å². The van der Waals surface area contributed by atoms with E-state index in [9.17, 15) is 70.6 Å². The third-order valence-electron chi connectivity index (χ3n) is 11.1. The van der Waals surface area contributed by atoms with Gasteiger partial charge in [0.15, 0.2) is 17.7 Å². The van der Waals surface area contributed by atoms with Gasteiger partial charge in [0.05, 0.1) is 36.8 Å².